The Morgan fingerprint density at radius 1 is 1.67 bits per heavy atom. The molecule has 0 aromatic rings. The van der Waals surface area contributed by atoms with Crippen LogP contribution in [0.25, 0.3) is 0 Å². The molecule has 34 valence electrons. The molecule has 0 unspecified atom stereocenters. The van der Waals surface area contributed by atoms with Crippen LogP contribution in [0, 0.1) is 0 Å². The van der Waals surface area contributed by atoms with Crippen LogP contribution in [0.2, 0.25) is 6.32 Å². The topological polar surface area (TPSA) is 57.5 Å². The molecule has 3 nitrogen and oxygen atoms in total. The van der Waals surface area contributed by atoms with Crippen LogP contribution in [0.3, 0.4) is 0 Å². The molecule has 0 rings (SSSR count). The largest absolute Gasteiger partial charge is 0.458 e. The Balaban J connectivity index is 2.81. The highest BCUT2D eigenvalue weighted by Gasteiger charge is 2.01. The average Bonchev–Trinajstić information content (AvgIpc) is 1.35. The minimum absolute atomic E-state index is 0.194. The lowest BCUT2D eigenvalue weighted by molar-refractivity contribution is -0.106. The molecule has 0 aliphatic rings. The van der Waals surface area contributed by atoms with Gasteiger partial charge < -0.3 is 14.8 Å². The summed E-state index contributed by atoms with van der Waals surface area (Å²) in [5.74, 6) is 0. The van der Waals surface area contributed by atoms with Crippen molar-refractivity contribution in [1.82, 2.24) is 0 Å². The molecule has 0 aliphatic carbocycles. The summed E-state index contributed by atoms with van der Waals surface area (Å²) in [5, 5.41) is 15.8. The fraction of sp³-hybridized carbons (Fsp3) is 0.500. The second-order valence-corrected chi connectivity index (χ2v) is 0.883. The predicted molar refractivity (Wildman–Crippen MR) is 21.1 cm³/mol. The molecule has 0 aliphatic heterocycles. The van der Waals surface area contributed by atoms with Crippen molar-refractivity contribution in [2.45, 2.75) is 6.32 Å². The van der Waals surface area contributed by atoms with Crippen molar-refractivity contribution in [2.24, 2.45) is 0 Å². The molecule has 0 radical (unpaired) electrons. The summed E-state index contributed by atoms with van der Waals surface area (Å²) in [6.07, 6.45) is 0.255. The molecule has 0 heterocycles. The molecular weight excluding hydrogens is 82.8 g/mol. The van der Waals surface area contributed by atoms with Crippen LogP contribution in [-0.2, 0) is 4.79 Å². The fourth-order valence-corrected chi connectivity index (χ4v) is 0.0861. The standard InChI is InChI=1S/C2H5BO3/c4-2-1-3(5)6/h2,5-6H,1H2. The highest BCUT2D eigenvalue weighted by atomic mass is 16.4. The number of hydrogen-bond acceptors (Lipinski definition) is 3. The maximum Gasteiger partial charge on any atom is 0.458 e. The molecule has 4 heteroatoms. The molecule has 2 N–H and O–H groups in total. The Bertz CT molecular complexity index is 44.1. The van der Waals surface area contributed by atoms with Crippen molar-refractivity contribution in [2.75, 3.05) is 0 Å². The SMILES string of the molecule is O=CCB(O)O. The number of rotatable bonds is 2. The third kappa shape index (κ3) is 3.65. The summed E-state index contributed by atoms with van der Waals surface area (Å²) in [4.78, 5) is 9.30. The van der Waals surface area contributed by atoms with E-state index in [0.717, 1.165) is 0 Å². The fourth-order valence-electron chi connectivity index (χ4n) is 0.0861. The minimum atomic E-state index is -1.47. The summed E-state index contributed by atoms with van der Waals surface area (Å²) >= 11 is 0. The van der Waals surface area contributed by atoms with Crippen LogP contribution in [0.15, 0.2) is 0 Å². The van der Waals surface area contributed by atoms with Gasteiger partial charge in [0.15, 0.2) is 0 Å². The second kappa shape index (κ2) is 2.87. The number of carbonyl (C=O) groups excluding carboxylic acids is 1. The van der Waals surface area contributed by atoms with Crippen molar-refractivity contribution in [3.05, 3.63) is 0 Å². The summed E-state index contributed by atoms with van der Waals surface area (Å²) in [5.41, 5.74) is 0. The number of hydrogen-bond donors (Lipinski definition) is 2. The third-order valence-corrected chi connectivity index (χ3v) is 0.307. The Labute approximate surface area is 35.7 Å². The van der Waals surface area contributed by atoms with Crippen molar-refractivity contribution in [3.63, 3.8) is 0 Å². The van der Waals surface area contributed by atoms with Gasteiger partial charge in [0.2, 0.25) is 0 Å². The van der Waals surface area contributed by atoms with E-state index in [1.807, 2.05) is 0 Å². The summed E-state index contributed by atoms with van der Waals surface area (Å²) < 4.78 is 0. The van der Waals surface area contributed by atoms with Gasteiger partial charge in [0.05, 0.1) is 0 Å². The van der Waals surface area contributed by atoms with Gasteiger partial charge >= 0.3 is 7.12 Å². The Hall–Kier alpha value is -0.345. The lowest BCUT2D eigenvalue weighted by atomic mass is 9.88. The summed E-state index contributed by atoms with van der Waals surface area (Å²) in [6.45, 7) is 0. The zero-order valence-electron chi connectivity index (χ0n) is 3.16. The molecule has 0 aromatic carbocycles. The molecule has 0 bridgehead atoms. The maximum atomic E-state index is 9.30. The molecule has 0 saturated heterocycles. The van der Waals surface area contributed by atoms with E-state index in [1.54, 1.807) is 0 Å². The molecule has 0 saturated carbocycles. The predicted octanol–water partition coefficient (Wildman–Crippen LogP) is -1.34. The quantitative estimate of drug-likeness (QED) is 0.324. The first kappa shape index (κ1) is 5.65. The lowest BCUT2D eigenvalue weighted by Crippen LogP contribution is -2.09. The van der Waals surface area contributed by atoms with E-state index in [1.165, 1.54) is 0 Å². The number of carbonyl (C=O) groups is 1. The first-order valence-electron chi connectivity index (χ1n) is 1.57. The van der Waals surface area contributed by atoms with E-state index in [0.29, 0.717) is 6.29 Å². The maximum absolute atomic E-state index is 9.30. The Morgan fingerprint density at radius 3 is 2.17 bits per heavy atom. The lowest BCUT2D eigenvalue weighted by Gasteiger charge is -1.81. The van der Waals surface area contributed by atoms with Crippen LogP contribution in [-0.4, -0.2) is 23.5 Å². The van der Waals surface area contributed by atoms with E-state index < -0.39 is 7.12 Å². The highest BCUT2D eigenvalue weighted by molar-refractivity contribution is 6.44. The van der Waals surface area contributed by atoms with Crippen LogP contribution in [0.5, 0.6) is 0 Å². The normalized spacial score (nSPS) is 7.67. The van der Waals surface area contributed by atoms with Gasteiger partial charge in [-0.1, -0.05) is 0 Å². The van der Waals surface area contributed by atoms with Crippen LogP contribution in [0.4, 0.5) is 0 Å². The third-order valence-electron chi connectivity index (χ3n) is 0.307. The highest BCUT2D eigenvalue weighted by Crippen LogP contribution is 1.71. The van der Waals surface area contributed by atoms with Gasteiger partial charge in [-0.3, -0.25) is 0 Å². The van der Waals surface area contributed by atoms with Crippen molar-refractivity contribution < 1.29 is 14.8 Å². The molecule has 0 atom stereocenters. The molecule has 0 fully saturated rings. The first-order chi connectivity index (χ1) is 2.77. The van der Waals surface area contributed by atoms with Gasteiger partial charge in [-0.2, -0.15) is 0 Å². The minimum Gasteiger partial charge on any atom is -0.427 e. The average molecular weight is 87.9 g/mol. The summed E-state index contributed by atoms with van der Waals surface area (Å²) in [6, 6.07) is 0. The van der Waals surface area contributed by atoms with Gasteiger partial charge in [-0.05, 0) is 0 Å². The molecule has 6 heavy (non-hydrogen) atoms. The van der Waals surface area contributed by atoms with Crippen molar-refractivity contribution in [3.8, 4) is 0 Å². The van der Waals surface area contributed by atoms with Gasteiger partial charge in [-0.15, -0.1) is 0 Å². The second-order valence-electron chi connectivity index (χ2n) is 0.883. The zero-order valence-corrected chi connectivity index (χ0v) is 3.16. The van der Waals surface area contributed by atoms with E-state index >= 15 is 0 Å². The van der Waals surface area contributed by atoms with Crippen LogP contribution in [0.1, 0.15) is 0 Å². The van der Waals surface area contributed by atoms with E-state index in [4.69, 9.17) is 10.0 Å². The molecule has 0 spiro atoms. The Morgan fingerprint density at radius 2 is 2.17 bits per heavy atom. The van der Waals surface area contributed by atoms with Crippen LogP contribution >= 0.6 is 0 Å². The van der Waals surface area contributed by atoms with Crippen molar-refractivity contribution in [1.29, 1.82) is 0 Å². The molecule has 0 amide bonds. The van der Waals surface area contributed by atoms with Gasteiger partial charge in [0, 0.05) is 6.32 Å². The Kier molecular flexibility index (Phi) is 2.70. The molecule has 0 aromatic heterocycles. The number of aldehydes is 1. The zero-order chi connectivity index (χ0) is 4.99. The van der Waals surface area contributed by atoms with E-state index in [2.05, 4.69) is 0 Å². The van der Waals surface area contributed by atoms with Gasteiger partial charge in [-0.25, -0.2) is 0 Å². The van der Waals surface area contributed by atoms with E-state index in [-0.39, 0.29) is 6.32 Å². The monoisotopic (exact) mass is 88.0 g/mol. The van der Waals surface area contributed by atoms with Crippen molar-refractivity contribution >= 4 is 13.4 Å². The van der Waals surface area contributed by atoms with Gasteiger partial charge in [0.25, 0.3) is 0 Å². The smallest absolute Gasteiger partial charge is 0.427 e. The van der Waals surface area contributed by atoms with E-state index in [9.17, 15) is 4.79 Å². The summed E-state index contributed by atoms with van der Waals surface area (Å²) in [7, 11) is -1.47. The first-order valence-corrected chi connectivity index (χ1v) is 1.57. The van der Waals surface area contributed by atoms with Gasteiger partial charge in [0.1, 0.15) is 6.29 Å². The molecular formula is C2H5BO3. The van der Waals surface area contributed by atoms with Crippen LogP contribution < -0.4 is 0 Å².